The van der Waals surface area contributed by atoms with Gasteiger partial charge in [0, 0.05) is 18.8 Å². The zero-order chi connectivity index (χ0) is 21.1. The van der Waals surface area contributed by atoms with Crippen LogP contribution in [0, 0.1) is 11.3 Å². The Bertz CT molecular complexity index is 751. The maximum Gasteiger partial charge on any atom is 0.417 e. The van der Waals surface area contributed by atoms with E-state index in [1.165, 1.54) is 17.9 Å². The zero-order valence-electron chi connectivity index (χ0n) is 14.8. The van der Waals surface area contributed by atoms with E-state index < -0.39 is 47.7 Å². The topological polar surface area (TPSA) is 56.6 Å². The summed E-state index contributed by atoms with van der Waals surface area (Å²) in [4.78, 5) is 14.5. The molecule has 0 aliphatic carbocycles. The lowest BCUT2D eigenvalue weighted by Gasteiger charge is -2.36. The van der Waals surface area contributed by atoms with Crippen LogP contribution in [-0.2, 0) is 15.7 Å². The van der Waals surface area contributed by atoms with Crippen molar-refractivity contribution in [3.8, 4) is 6.07 Å². The Labute approximate surface area is 157 Å². The Balaban J connectivity index is 2.43. The monoisotopic (exact) mass is 409 g/mol. The largest absolute Gasteiger partial charge is 0.417 e. The quantitative estimate of drug-likeness (QED) is 0.717. The van der Waals surface area contributed by atoms with Gasteiger partial charge in [-0.1, -0.05) is 0 Å². The van der Waals surface area contributed by atoms with Crippen LogP contribution in [0.4, 0.5) is 32.0 Å². The molecule has 1 amide bonds. The first-order valence-electron chi connectivity index (χ1n) is 8.25. The predicted molar refractivity (Wildman–Crippen MR) is 86.4 cm³/mol. The first-order chi connectivity index (χ1) is 12.9. The van der Waals surface area contributed by atoms with Crippen molar-refractivity contribution in [1.82, 2.24) is 4.90 Å². The van der Waals surface area contributed by atoms with Crippen molar-refractivity contribution >= 4 is 11.6 Å². The molecule has 1 aromatic carbocycles. The molecule has 0 N–H and O–H groups in total. The third kappa shape index (κ3) is 5.28. The number of carbonyl (C=O) groups excluding carboxylic acids is 1. The summed E-state index contributed by atoms with van der Waals surface area (Å²) in [6.45, 7) is 0.413. The van der Waals surface area contributed by atoms with Crippen LogP contribution in [0.15, 0.2) is 18.2 Å². The molecule has 0 saturated carbocycles. The third-order valence-electron chi connectivity index (χ3n) is 4.26. The van der Waals surface area contributed by atoms with Crippen LogP contribution in [0.5, 0.6) is 0 Å². The molecule has 2 rings (SSSR count). The molecule has 1 heterocycles. The number of anilines is 1. The first kappa shape index (κ1) is 21.8. The summed E-state index contributed by atoms with van der Waals surface area (Å²) in [5.41, 5.74) is -2.51. The van der Waals surface area contributed by atoms with Crippen molar-refractivity contribution in [2.24, 2.45) is 0 Å². The number of ether oxygens (including phenoxy) is 1. The summed E-state index contributed by atoms with van der Waals surface area (Å²) in [6.07, 6.45) is -9.69. The van der Waals surface area contributed by atoms with Crippen molar-refractivity contribution in [1.29, 1.82) is 5.26 Å². The Morgan fingerprint density at radius 2 is 1.86 bits per heavy atom. The van der Waals surface area contributed by atoms with Crippen LogP contribution < -0.4 is 4.90 Å². The van der Waals surface area contributed by atoms with E-state index in [1.807, 2.05) is 0 Å². The van der Waals surface area contributed by atoms with Gasteiger partial charge in [-0.15, -0.1) is 0 Å². The number of morpholine rings is 1. The molecule has 1 unspecified atom stereocenters. The summed E-state index contributed by atoms with van der Waals surface area (Å²) in [5, 5.41) is 8.85. The van der Waals surface area contributed by atoms with Crippen molar-refractivity contribution < 1.29 is 35.9 Å². The summed E-state index contributed by atoms with van der Waals surface area (Å²) in [5.74, 6) is -0.648. The lowest BCUT2D eigenvalue weighted by molar-refractivity contribution is -0.138. The van der Waals surface area contributed by atoms with Gasteiger partial charge in [0.2, 0.25) is 5.91 Å². The second-order valence-corrected chi connectivity index (χ2v) is 6.20. The maximum absolute atomic E-state index is 13.2. The summed E-state index contributed by atoms with van der Waals surface area (Å²) in [7, 11) is 0. The summed E-state index contributed by atoms with van der Waals surface area (Å²) >= 11 is 0. The molecule has 1 saturated heterocycles. The number of halogens is 6. The van der Waals surface area contributed by atoms with Crippen molar-refractivity contribution in [2.75, 3.05) is 37.7 Å². The molecule has 1 aromatic rings. The minimum absolute atomic E-state index is 0.185. The van der Waals surface area contributed by atoms with Gasteiger partial charge in [0.1, 0.15) is 12.6 Å². The van der Waals surface area contributed by atoms with Gasteiger partial charge in [-0.05, 0) is 25.1 Å². The molecular formula is C17H17F6N3O2. The van der Waals surface area contributed by atoms with Gasteiger partial charge in [-0.2, -0.15) is 31.6 Å². The number of benzene rings is 1. The van der Waals surface area contributed by atoms with Crippen LogP contribution in [0.2, 0.25) is 0 Å². The Morgan fingerprint density at radius 3 is 2.36 bits per heavy atom. The van der Waals surface area contributed by atoms with Crippen LogP contribution in [0.3, 0.4) is 0 Å². The normalized spacial score (nSPS) is 16.4. The van der Waals surface area contributed by atoms with E-state index in [-0.39, 0.29) is 26.3 Å². The van der Waals surface area contributed by atoms with Crippen LogP contribution in [0.25, 0.3) is 0 Å². The Morgan fingerprint density at radius 1 is 1.25 bits per heavy atom. The van der Waals surface area contributed by atoms with Crippen LogP contribution in [0.1, 0.15) is 18.1 Å². The van der Waals surface area contributed by atoms with Gasteiger partial charge in [0.05, 0.1) is 30.4 Å². The molecule has 5 nitrogen and oxygen atoms in total. The van der Waals surface area contributed by atoms with Gasteiger partial charge in [0.15, 0.2) is 0 Å². The fourth-order valence-corrected chi connectivity index (χ4v) is 2.87. The number of carbonyl (C=O) groups is 1. The van der Waals surface area contributed by atoms with Crippen LogP contribution in [-0.4, -0.2) is 55.9 Å². The maximum atomic E-state index is 13.2. The van der Waals surface area contributed by atoms with Crippen molar-refractivity contribution in [3.63, 3.8) is 0 Å². The highest BCUT2D eigenvalue weighted by molar-refractivity contribution is 5.85. The number of rotatable bonds is 4. The molecule has 28 heavy (non-hydrogen) atoms. The third-order valence-corrected chi connectivity index (χ3v) is 4.26. The number of nitriles is 1. The molecule has 0 bridgehead atoms. The molecule has 0 radical (unpaired) electrons. The molecule has 154 valence electrons. The molecular weight excluding hydrogens is 392 g/mol. The van der Waals surface area contributed by atoms with E-state index in [4.69, 9.17) is 10.00 Å². The molecule has 0 aromatic heterocycles. The van der Waals surface area contributed by atoms with E-state index in [0.29, 0.717) is 11.0 Å². The fourth-order valence-electron chi connectivity index (χ4n) is 2.87. The second kappa shape index (κ2) is 8.26. The minimum atomic E-state index is -4.93. The molecule has 1 aliphatic rings. The van der Waals surface area contributed by atoms with Gasteiger partial charge in [-0.25, -0.2) is 0 Å². The second-order valence-electron chi connectivity index (χ2n) is 6.20. The average molecular weight is 409 g/mol. The lowest BCUT2D eigenvalue weighted by Crippen LogP contribution is -2.52. The summed E-state index contributed by atoms with van der Waals surface area (Å²) in [6, 6.07) is 2.24. The van der Waals surface area contributed by atoms with Crippen LogP contribution >= 0.6 is 0 Å². The number of alkyl halides is 6. The highest BCUT2D eigenvalue weighted by atomic mass is 19.4. The number of nitrogens with zero attached hydrogens (tertiary/aromatic N) is 3. The Kier molecular flexibility index (Phi) is 6.44. The smallest absolute Gasteiger partial charge is 0.378 e. The standard InChI is InChI=1S/C17H17F6N3O2/c1-11(15(27)25-4-6-28-7-5-25)26(10-16(18,19)20)13-3-2-12(9-24)14(8-13)17(21,22)23/h2-3,8,11H,4-7,10H2,1H3. The number of hydrogen-bond donors (Lipinski definition) is 0. The van der Waals surface area contributed by atoms with Crippen molar-refractivity contribution in [2.45, 2.75) is 25.3 Å². The fraction of sp³-hybridized carbons (Fsp3) is 0.529. The lowest BCUT2D eigenvalue weighted by atomic mass is 10.1. The van der Waals surface area contributed by atoms with Gasteiger partial charge >= 0.3 is 12.4 Å². The van der Waals surface area contributed by atoms with E-state index in [0.717, 1.165) is 12.1 Å². The number of amides is 1. The van der Waals surface area contributed by atoms with Gasteiger partial charge in [-0.3, -0.25) is 4.79 Å². The van der Waals surface area contributed by atoms with E-state index >= 15 is 0 Å². The van der Waals surface area contributed by atoms with Crippen molar-refractivity contribution in [3.05, 3.63) is 29.3 Å². The summed E-state index contributed by atoms with van der Waals surface area (Å²) < 4.78 is 83.9. The molecule has 0 spiro atoms. The molecule has 1 aliphatic heterocycles. The average Bonchev–Trinajstić information content (AvgIpc) is 2.63. The Hall–Kier alpha value is -2.48. The van der Waals surface area contributed by atoms with E-state index in [9.17, 15) is 31.1 Å². The highest BCUT2D eigenvalue weighted by Gasteiger charge is 2.39. The zero-order valence-corrected chi connectivity index (χ0v) is 14.8. The molecule has 1 fully saturated rings. The SMILES string of the molecule is CC(C(=O)N1CCOCC1)N(CC(F)(F)F)c1ccc(C#N)c(C(F)(F)F)c1. The van der Waals surface area contributed by atoms with E-state index in [1.54, 1.807) is 0 Å². The van der Waals surface area contributed by atoms with Gasteiger partial charge < -0.3 is 14.5 Å². The van der Waals surface area contributed by atoms with E-state index in [2.05, 4.69) is 0 Å². The molecule has 11 heteroatoms. The first-order valence-corrected chi connectivity index (χ1v) is 8.25. The highest BCUT2D eigenvalue weighted by Crippen LogP contribution is 2.35. The number of hydrogen-bond acceptors (Lipinski definition) is 4. The molecule has 1 atom stereocenters. The predicted octanol–water partition coefficient (Wildman–Crippen LogP) is 3.19. The minimum Gasteiger partial charge on any atom is -0.378 e. The van der Waals surface area contributed by atoms with Gasteiger partial charge in [0.25, 0.3) is 0 Å².